The number of benzene rings is 2. The van der Waals surface area contributed by atoms with Gasteiger partial charge in [0.05, 0.1) is 11.5 Å². The van der Waals surface area contributed by atoms with Crippen LogP contribution in [0.2, 0.25) is 0 Å². The highest BCUT2D eigenvalue weighted by molar-refractivity contribution is 7.80. The summed E-state index contributed by atoms with van der Waals surface area (Å²) in [5, 5.41) is 6.65. The number of rotatable bonds is 5. The van der Waals surface area contributed by atoms with E-state index in [9.17, 15) is 9.59 Å². The highest BCUT2D eigenvalue weighted by Crippen LogP contribution is 2.39. The van der Waals surface area contributed by atoms with Crippen molar-refractivity contribution in [2.75, 3.05) is 5.32 Å². The van der Waals surface area contributed by atoms with Crippen LogP contribution < -0.4 is 16.4 Å². The zero-order valence-electron chi connectivity index (χ0n) is 17.8. The maximum Gasteiger partial charge on any atom is 0.251 e. The van der Waals surface area contributed by atoms with Gasteiger partial charge in [-0.05, 0) is 54.1 Å². The van der Waals surface area contributed by atoms with Crippen LogP contribution >= 0.6 is 23.6 Å². The molecule has 0 radical (unpaired) electrons. The summed E-state index contributed by atoms with van der Waals surface area (Å²) in [5.41, 5.74) is 8.95. The maximum absolute atomic E-state index is 13.3. The Labute approximate surface area is 197 Å². The maximum atomic E-state index is 13.3. The van der Waals surface area contributed by atoms with Gasteiger partial charge in [0.25, 0.3) is 5.91 Å². The van der Waals surface area contributed by atoms with Crippen LogP contribution in [0.25, 0.3) is 0 Å². The molecule has 0 saturated carbocycles. The van der Waals surface area contributed by atoms with Gasteiger partial charge in [0.1, 0.15) is 5.00 Å². The van der Waals surface area contributed by atoms with Gasteiger partial charge in [0, 0.05) is 4.88 Å². The molecule has 7 heteroatoms. The molecule has 164 valence electrons. The van der Waals surface area contributed by atoms with Crippen LogP contribution in [-0.2, 0) is 17.6 Å². The summed E-state index contributed by atoms with van der Waals surface area (Å²) in [7, 11) is 0. The minimum atomic E-state index is -0.509. The van der Waals surface area contributed by atoms with E-state index in [1.165, 1.54) is 16.2 Å². The van der Waals surface area contributed by atoms with E-state index < -0.39 is 11.8 Å². The summed E-state index contributed by atoms with van der Waals surface area (Å²) >= 11 is 6.95. The number of hydrogen-bond donors (Lipinski definition) is 3. The van der Waals surface area contributed by atoms with Crippen molar-refractivity contribution in [1.29, 1.82) is 0 Å². The van der Waals surface area contributed by atoms with E-state index >= 15 is 0 Å². The number of thiocarbonyl (C=S) groups is 1. The number of carbonyl (C=O) groups excluding carboxylic acids is 2. The lowest BCUT2D eigenvalue weighted by Gasteiger charge is -2.19. The smallest absolute Gasteiger partial charge is 0.251 e. The standard InChI is InChI=1S/C25H25N3O2S2/c1-15-12-13-18-19(14-15)32-24(21(18)22(26)29)28-25(31)27-23(30)20(16-8-4-2-5-9-16)17-10-6-3-7-11-17/h2-11,15,20H,12-14H2,1H3,(H2,26,29)(H2,27,28,30,31). The Bertz CT molecular complexity index is 1100. The summed E-state index contributed by atoms with van der Waals surface area (Å²) in [4.78, 5) is 26.6. The zero-order chi connectivity index (χ0) is 22.7. The van der Waals surface area contributed by atoms with Crippen LogP contribution in [0.15, 0.2) is 60.7 Å². The van der Waals surface area contributed by atoms with Crippen LogP contribution in [0.3, 0.4) is 0 Å². The Kier molecular flexibility index (Phi) is 6.67. The van der Waals surface area contributed by atoms with Gasteiger partial charge in [-0.3, -0.25) is 9.59 Å². The van der Waals surface area contributed by atoms with Crippen LogP contribution in [0.1, 0.15) is 51.2 Å². The van der Waals surface area contributed by atoms with E-state index in [1.54, 1.807) is 0 Å². The average molecular weight is 464 g/mol. The number of thiophene rings is 1. The average Bonchev–Trinajstić information content (AvgIpc) is 3.12. The number of hydrogen-bond acceptors (Lipinski definition) is 4. The number of nitrogens with one attached hydrogen (secondary N) is 2. The highest BCUT2D eigenvalue weighted by Gasteiger charge is 2.28. The molecule has 1 aliphatic rings. The molecule has 5 nitrogen and oxygen atoms in total. The van der Waals surface area contributed by atoms with Crippen molar-refractivity contribution in [2.45, 2.75) is 32.1 Å². The topological polar surface area (TPSA) is 84.2 Å². The molecule has 0 spiro atoms. The summed E-state index contributed by atoms with van der Waals surface area (Å²) in [6.45, 7) is 2.21. The van der Waals surface area contributed by atoms with Crippen molar-refractivity contribution in [1.82, 2.24) is 5.32 Å². The molecule has 1 atom stereocenters. The van der Waals surface area contributed by atoms with Crippen LogP contribution in [0.5, 0.6) is 0 Å². The minimum Gasteiger partial charge on any atom is -0.365 e. The Morgan fingerprint density at radius 1 is 1.06 bits per heavy atom. The Morgan fingerprint density at radius 3 is 2.22 bits per heavy atom. The fourth-order valence-corrected chi connectivity index (χ4v) is 5.89. The fourth-order valence-electron chi connectivity index (χ4n) is 4.20. The lowest BCUT2D eigenvalue weighted by Crippen LogP contribution is -2.38. The largest absolute Gasteiger partial charge is 0.365 e. The van der Waals surface area contributed by atoms with Gasteiger partial charge in [0.2, 0.25) is 5.91 Å². The first-order valence-electron chi connectivity index (χ1n) is 10.6. The van der Waals surface area contributed by atoms with E-state index in [0.717, 1.165) is 36.0 Å². The third-order valence-corrected chi connectivity index (χ3v) is 7.12. The molecule has 0 saturated heterocycles. The van der Waals surface area contributed by atoms with Gasteiger partial charge < -0.3 is 16.4 Å². The molecule has 1 aliphatic carbocycles. The molecule has 32 heavy (non-hydrogen) atoms. The Hall–Kier alpha value is -3.03. The van der Waals surface area contributed by atoms with Crippen molar-refractivity contribution < 1.29 is 9.59 Å². The molecule has 0 fully saturated rings. The number of nitrogens with two attached hydrogens (primary N) is 1. The van der Waals surface area contributed by atoms with Gasteiger partial charge in [-0.15, -0.1) is 11.3 Å². The summed E-state index contributed by atoms with van der Waals surface area (Å²) in [5.74, 6) is -0.653. The Balaban J connectivity index is 1.56. The second-order valence-corrected chi connectivity index (χ2v) is 9.63. The first kappa shape index (κ1) is 22.2. The lowest BCUT2D eigenvalue weighted by atomic mass is 9.88. The number of amides is 2. The van der Waals surface area contributed by atoms with Gasteiger partial charge in [-0.2, -0.15) is 0 Å². The molecule has 2 amide bonds. The van der Waals surface area contributed by atoms with Crippen molar-refractivity contribution in [3.63, 3.8) is 0 Å². The molecule has 4 rings (SSSR count). The monoisotopic (exact) mass is 463 g/mol. The normalized spacial score (nSPS) is 15.1. The third kappa shape index (κ3) is 4.74. The second kappa shape index (κ2) is 9.63. The fraction of sp³-hybridized carbons (Fsp3) is 0.240. The van der Waals surface area contributed by atoms with E-state index in [1.807, 2.05) is 60.7 Å². The highest BCUT2D eigenvalue weighted by atomic mass is 32.1. The summed E-state index contributed by atoms with van der Waals surface area (Å²) in [6.07, 6.45) is 2.78. The molecule has 0 bridgehead atoms. The van der Waals surface area contributed by atoms with E-state index in [2.05, 4.69) is 17.6 Å². The molecule has 4 N–H and O–H groups in total. The second-order valence-electron chi connectivity index (χ2n) is 8.12. The van der Waals surface area contributed by atoms with Crippen molar-refractivity contribution in [3.8, 4) is 0 Å². The molecule has 3 aromatic rings. The van der Waals surface area contributed by atoms with Crippen LogP contribution in [-0.4, -0.2) is 16.9 Å². The third-order valence-electron chi connectivity index (χ3n) is 5.75. The van der Waals surface area contributed by atoms with Crippen molar-refractivity contribution >= 4 is 45.5 Å². The first-order chi connectivity index (χ1) is 15.4. The van der Waals surface area contributed by atoms with E-state index in [0.29, 0.717) is 16.5 Å². The van der Waals surface area contributed by atoms with E-state index in [4.69, 9.17) is 18.0 Å². The number of primary amides is 1. The molecular weight excluding hydrogens is 438 g/mol. The predicted octanol–water partition coefficient (Wildman–Crippen LogP) is 4.62. The van der Waals surface area contributed by atoms with Crippen molar-refractivity contribution in [3.05, 3.63) is 87.8 Å². The Morgan fingerprint density at radius 2 is 1.66 bits per heavy atom. The quantitative estimate of drug-likeness (QED) is 0.482. The van der Waals surface area contributed by atoms with Crippen LogP contribution in [0, 0.1) is 5.92 Å². The number of anilines is 1. The SMILES string of the molecule is CC1CCc2c(sc(NC(=S)NC(=O)C(c3ccccc3)c3ccccc3)c2C(N)=O)C1. The van der Waals surface area contributed by atoms with Gasteiger partial charge in [-0.25, -0.2) is 0 Å². The number of fused-ring (bicyclic) bond motifs is 1. The lowest BCUT2D eigenvalue weighted by molar-refractivity contribution is -0.120. The number of carbonyl (C=O) groups is 2. The molecule has 1 unspecified atom stereocenters. The zero-order valence-corrected chi connectivity index (χ0v) is 19.4. The summed E-state index contributed by atoms with van der Waals surface area (Å²) < 4.78 is 0. The molecule has 1 aromatic heterocycles. The van der Waals surface area contributed by atoms with Crippen molar-refractivity contribution in [2.24, 2.45) is 11.7 Å². The predicted molar refractivity (Wildman–Crippen MR) is 133 cm³/mol. The summed E-state index contributed by atoms with van der Waals surface area (Å²) in [6, 6.07) is 19.2. The molecule has 2 aromatic carbocycles. The molecule has 0 aliphatic heterocycles. The van der Waals surface area contributed by atoms with Crippen LogP contribution in [0.4, 0.5) is 5.00 Å². The molecule has 1 heterocycles. The van der Waals surface area contributed by atoms with Gasteiger partial charge >= 0.3 is 0 Å². The molecular formula is C25H25N3O2S2. The van der Waals surface area contributed by atoms with Gasteiger partial charge in [-0.1, -0.05) is 67.6 Å². The first-order valence-corrected chi connectivity index (χ1v) is 11.8. The van der Waals surface area contributed by atoms with E-state index in [-0.39, 0.29) is 11.0 Å². The minimum absolute atomic E-state index is 0.154. The van der Waals surface area contributed by atoms with Gasteiger partial charge in [0.15, 0.2) is 5.11 Å².